The second-order valence-electron chi connectivity index (χ2n) is 2.78. The Labute approximate surface area is 70.9 Å². The van der Waals surface area contributed by atoms with Crippen LogP contribution in [-0.4, -0.2) is 42.9 Å². The third-order valence-corrected chi connectivity index (χ3v) is 1.77. The van der Waals surface area contributed by atoms with Crippen LogP contribution >= 0.6 is 0 Å². The summed E-state index contributed by atoms with van der Waals surface area (Å²) in [5, 5.41) is 3.07. The fourth-order valence-corrected chi connectivity index (χ4v) is 1.17. The maximum absolute atomic E-state index is 11.2. The zero-order chi connectivity index (χ0) is 8.97. The van der Waals surface area contributed by atoms with Crippen molar-refractivity contribution in [3.63, 3.8) is 0 Å². The molecule has 0 aromatic carbocycles. The molecule has 3 N–H and O–H groups in total. The molecule has 12 heavy (non-hydrogen) atoms. The van der Waals surface area contributed by atoms with E-state index >= 15 is 0 Å². The summed E-state index contributed by atoms with van der Waals surface area (Å²) >= 11 is 0. The first-order valence-corrected chi connectivity index (χ1v) is 3.97. The minimum Gasteiger partial charge on any atom is -0.368 e. The van der Waals surface area contributed by atoms with E-state index in [-0.39, 0.29) is 12.5 Å². The summed E-state index contributed by atoms with van der Waals surface area (Å²) in [5.74, 6) is -0.455. The Bertz CT molecular complexity index is 193. The first-order valence-electron chi connectivity index (χ1n) is 3.97. The molecule has 0 unspecified atom stereocenters. The van der Waals surface area contributed by atoms with Gasteiger partial charge in [0.25, 0.3) is 0 Å². The van der Waals surface area contributed by atoms with E-state index in [1.165, 1.54) is 4.90 Å². The standard InChI is InChI=1S/C7H13N3O2/c8-6(11)5-10-4-3-9-2-1-7(10)12/h9H,1-5H2,(H2,8,11). The minimum atomic E-state index is -0.453. The molecule has 5 nitrogen and oxygen atoms in total. The summed E-state index contributed by atoms with van der Waals surface area (Å²) in [5.41, 5.74) is 4.98. The Morgan fingerprint density at radius 1 is 1.58 bits per heavy atom. The van der Waals surface area contributed by atoms with Gasteiger partial charge in [0.15, 0.2) is 0 Å². The van der Waals surface area contributed by atoms with Crippen LogP contribution in [0.5, 0.6) is 0 Å². The van der Waals surface area contributed by atoms with Crippen LogP contribution in [0.1, 0.15) is 6.42 Å². The van der Waals surface area contributed by atoms with Gasteiger partial charge in [-0.1, -0.05) is 0 Å². The number of rotatable bonds is 2. The number of carbonyl (C=O) groups is 2. The van der Waals surface area contributed by atoms with Gasteiger partial charge in [0, 0.05) is 26.1 Å². The van der Waals surface area contributed by atoms with Crippen molar-refractivity contribution in [1.29, 1.82) is 0 Å². The van der Waals surface area contributed by atoms with Crippen molar-refractivity contribution in [3.8, 4) is 0 Å². The maximum atomic E-state index is 11.2. The van der Waals surface area contributed by atoms with Crippen LogP contribution < -0.4 is 11.1 Å². The molecule has 68 valence electrons. The summed E-state index contributed by atoms with van der Waals surface area (Å²) in [7, 11) is 0. The summed E-state index contributed by atoms with van der Waals surface area (Å²) in [6, 6.07) is 0. The van der Waals surface area contributed by atoms with Crippen molar-refractivity contribution in [3.05, 3.63) is 0 Å². The van der Waals surface area contributed by atoms with Gasteiger partial charge in [-0.15, -0.1) is 0 Å². The Balaban J connectivity index is 2.47. The Hall–Kier alpha value is -1.10. The molecule has 2 amide bonds. The number of nitrogens with one attached hydrogen (secondary N) is 1. The van der Waals surface area contributed by atoms with Crippen LogP contribution in [0.2, 0.25) is 0 Å². The number of hydrogen-bond acceptors (Lipinski definition) is 3. The lowest BCUT2D eigenvalue weighted by atomic mass is 10.3. The highest BCUT2D eigenvalue weighted by Crippen LogP contribution is 1.96. The first-order chi connectivity index (χ1) is 5.70. The number of primary amides is 1. The van der Waals surface area contributed by atoms with Crippen LogP contribution in [0.3, 0.4) is 0 Å². The van der Waals surface area contributed by atoms with Gasteiger partial charge >= 0.3 is 0 Å². The number of nitrogens with two attached hydrogens (primary N) is 1. The van der Waals surface area contributed by atoms with Gasteiger partial charge in [0.2, 0.25) is 11.8 Å². The van der Waals surface area contributed by atoms with E-state index in [0.29, 0.717) is 19.5 Å². The predicted molar refractivity (Wildman–Crippen MR) is 43.3 cm³/mol. The van der Waals surface area contributed by atoms with Gasteiger partial charge in [-0.05, 0) is 0 Å². The first kappa shape index (κ1) is 8.99. The molecular weight excluding hydrogens is 158 g/mol. The zero-order valence-corrected chi connectivity index (χ0v) is 6.88. The summed E-state index contributed by atoms with van der Waals surface area (Å²) in [6.45, 7) is 2.04. The van der Waals surface area contributed by atoms with Crippen molar-refractivity contribution in [2.24, 2.45) is 5.73 Å². The molecule has 0 spiro atoms. The lowest BCUT2D eigenvalue weighted by Crippen LogP contribution is -2.39. The molecule has 0 radical (unpaired) electrons. The van der Waals surface area contributed by atoms with Crippen LogP contribution in [0.25, 0.3) is 0 Å². The van der Waals surface area contributed by atoms with Gasteiger partial charge in [-0.3, -0.25) is 9.59 Å². The fraction of sp³-hybridized carbons (Fsp3) is 0.714. The lowest BCUT2D eigenvalue weighted by Gasteiger charge is -2.17. The summed E-state index contributed by atoms with van der Waals surface area (Å²) < 4.78 is 0. The average molecular weight is 171 g/mol. The van der Waals surface area contributed by atoms with Gasteiger partial charge in [-0.25, -0.2) is 0 Å². The number of carbonyl (C=O) groups excluding carboxylic acids is 2. The van der Waals surface area contributed by atoms with E-state index < -0.39 is 5.91 Å². The molecule has 1 fully saturated rings. The molecule has 0 atom stereocenters. The third kappa shape index (κ3) is 2.50. The van der Waals surface area contributed by atoms with E-state index in [9.17, 15) is 9.59 Å². The third-order valence-electron chi connectivity index (χ3n) is 1.77. The maximum Gasteiger partial charge on any atom is 0.237 e. The molecule has 5 heteroatoms. The highest BCUT2D eigenvalue weighted by Gasteiger charge is 2.17. The van der Waals surface area contributed by atoms with E-state index in [2.05, 4.69) is 5.32 Å². The Kier molecular flexibility index (Phi) is 3.04. The van der Waals surface area contributed by atoms with Crippen molar-refractivity contribution >= 4 is 11.8 Å². The molecule has 1 rings (SSSR count). The van der Waals surface area contributed by atoms with Crippen molar-refractivity contribution in [2.75, 3.05) is 26.2 Å². The Morgan fingerprint density at radius 3 is 3.00 bits per heavy atom. The molecule has 0 aromatic heterocycles. The van der Waals surface area contributed by atoms with Gasteiger partial charge in [-0.2, -0.15) is 0 Å². The van der Waals surface area contributed by atoms with Crippen LogP contribution in [0, 0.1) is 0 Å². The molecular formula is C7H13N3O2. The predicted octanol–water partition coefficient (Wildman–Crippen LogP) is -1.71. The molecule has 0 aromatic rings. The Morgan fingerprint density at radius 2 is 2.33 bits per heavy atom. The van der Waals surface area contributed by atoms with Crippen molar-refractivity contribution in [2.45, 2.75) is 6.42 Å². The second kappa shape index (κ2) is 4.06. The highest BCUT2D eigenvalue weighted by atomic mass is 16.2. The van der Waals surface area contributed by atoms with Crippen molar-refractivity contribution in [1.82, 2.24) is 10.2 Å². The smallest absolute Gasteiger partial charge is 0.237 e. The van der Waals surface area contributed by atoms with E-state index in [1.807, 2.05) is 0 Å². The topological polar surface area (TPSA) is 75.4 Å². The van der Waals surface area contributed by atoms with Crippen LogP contribution in [0.15, 0.2) is 0 Å². The van der Waals surface area contributed by atoms with E-state index in [4.69, 9.17) is 5.73 Å². The monoisotopic (exact) mass is 171 g/mol. The van der Waals surface area contributed by atoms with Crippen molar-refractivity contribution < 1.29 is 9.59 Å². The largest absolute Gasteiger partial charge is 0.368 e. The SMILES string of the molecule is NC(=O)CN1CCNCCC1=O. The lowest BCUT2D eigenvalue weighted by molar-refractivity contribution is -0.134. The molecule has 1 aliphatic heterocycles. The number of amides is 2. The summed E-state index contributed by atoms with van der Waals surface area (Å²) in [6.07, 6.45) is 0.452. The highest BCUT2D eigenvalue weighted by molar-refractivity contribution is 5.84. The average Bonchev–Trinajstić information content (AvgIpc) is 2.16. The van der Waals surface area contributed by atoms with Gasteiger partial charge < -0.3 is 16.0 Å². The second-order valence-corrected chi connectivity index (χ2v) is 2.78. The molecule has 0 saturated carbocycles. The molecule has 0 aliphatic carbocycles. The molecule has 1 heterocycles. The number of hydrogen-bond donors (Lipinski definition) is 2. The van der Waals surface area contributed by atoms with E-state index in [1.54, 1.807) is 0 Å². The normalized spacial score (nSPS) is 19.0. The van der Waals surface area contributed by atoms with Crippen LogP contribution in [-0.2, 0) is 9.59 Å². The molecule has 0 bridgehead atoms. The summed E-state index contributed by atoms with van der Waals surface area (Å²) in [4.78, 5) is 23.2. The van der Waals surface area contributed by atoms with E-state index in [0.717, 1.165) is 6.54 Å². The van der Waals surface area contributed by atoms with Crippen LogP contribution in [0.4, 0.5) is 0 Å². The zero-order valence-electron chi connectivity index (χ0n) is 6.88. The quantitative estimate of drug-likeness (QED) is 0.519. The van der Waals surface area contributed by atoms with Gasteiger partial charge in [0.1, 0.15) is 0 Å². The van der Waals surface area contributed by atoms with Gasteiger partial charge in [0.05, 0.1) is 6.54 Å². The molecule has 1 saturated heterocycles. The fourth-order valence-electron chi connectivity index (χ4n) is 1.17. The number of nitrogens with zero attached hydrogens (tertiary/aromatic N) is 1. The minimum absolute atomic E-state index is 0.00111. The molecule has 1 aliphatic rings.